The van der Waals surface area contributed by atoms with E-state index in [1.54, 1.807) is 19.1 Å². The molecule has 1 N–H and O–H groups in total. The fraction of sp³-hybridized carbons (Fsp3) is 0.263. The van der Waals surface area contributed by atoms with Crippen molar-refractivity contribution in [2.45, 2.75) is 32.2 Å². The van der Waals surface area contributed by atoms with Crippen LogP contribution in [0.4, 0.5) is 10.1 Å². The normalized spacial score (nSPS) is 14.1. The molecule has 4 rings (SSSR count). The molecule has 1 aromatic heterocycles. The van der Waals surface area contributed by atoms with E-state index in [0.717, 1.165) is 29.7 Å². The Kier molecular flexibility index (Phi) is 3.56. The lowest BCUT2D eigenvalue weighted by molar-refractivity contribution is -0.116. The van der Waals surface area contributed by atoms with Gasteiger partial charge in [0.2, 0.25) is 5.91 Å². The minimum Gasteiger partial charge on any atom is -0.324 e. The van der Waals surface area contributed by atoms with Crippen molar-refractivity contribution < 1.29 is 9.18 Å². The molecule has 2 aromatic carbocycles. The summed E-state index contributed by atoms with van der Waals surface area (Å²) in [6, 6.07) is 12.5. The van der Waals surface area contributed by atoms with Gasteiger partial charge in [0.1, 0.15) is 18.2 Å². The number of rotatable bonds is 4. The first-order valence-corrected chi connectivity index (χ1v) is 8.13. The van der Waals surface area contributed by atoms with Crippen LogP contribution < -0.4 is 5.32 Å². The Bertz CT molecular complexity index is 928. The first-order valence-electron chi connectivity index (χ1n) is 8.13. The van der Waals surface area contributed by atoms with Crippen molar-refractivity contribution in [1.82, 2.24) is 9.55 Å². The van der Waals surface area contributed by atoms with Crippen molar-refractivity contribution >= 4 is 22.6 Å². The molecule has 1 heterocycles. The average Bonchev–Trinajstić information content (AvgIpc) is 3.35. The van der Waals surface area contributed by atoms with Gasteiger partial charge in [-0.25, -0.2) is 9.37 Å². The lowest BCUT2D eigenvalue weighted by Gasteiger charge is -2.11. The Balaban J connectivity index is 1.63. The standard InChI is InChI=1S/C19H18FN3O/c1-12-14(20)5-4-7-15(12)21-18(24)11-23-17-8-3-2-6-16(17)22-19(23)13-9-10-13/h2-8,13H,9-11H2,1H3,(H,21,24). The SMILES string of the molecule is Cc1c(F)cccc1NC(=O)Cn1c(C2CC2)nc2ccccc21. The average molecular weight is 323 g/mol. The van der Waals surface area contributed by atoms with Crippen LogP contribution in [-0.4, -0.2) is 15.5 Å². The van der Waals surface area contributed by atoms with Gasteiger partial charge in [-0.15, -0.1) is 0 Å². The molecule has 0 bridgehead atoms. The molecule has 122 valence electrons. The molecule has 0 atom stereocenters. The predicted octanol–water partition coefficient (Wildman–Crippen LogP) is 4.00. The van der Waals surface area contributed by atoms with E-state index in [0.29, 0.717) is 17.2 Å². The fourth-order valence-corrected chi connectivity index (χ4v) is 2.99. The third-order valence-corrected chi connectivity index (χ3v) is 4.47. The zero-order valence-electron chi connectivity index (χ0n) is 13.4. The van der Waals surface area contributed by atoms with Crippen LogP contribution in [0, 0.1) is 12.7 Å². The first-order chi connectivity index (χ1) is 11.6. The van der Waals surface area contributed by atoms with Crippen molar-refractivity contribution in [3.05, 3.63) is 59.7 Å². The van der Waals surface area contributed by atoms with Crippen LogP contribution >= 0.6 is 0 Å². The smallest absolute Gasteiger partial charge is 0.244 e. The minimum atomic E-state index is -0.320. The van der Waals surface area contributed by atoms with Crippen molar-refractivity contribution in [2.75, 3.05) is 5.32 Å². The number of nitrogens with one attached hydrogen (secondary N) is 1. The molecule has 5 heteroatoms. The zero-order valence-corrected chi connectivity index (χ0v) is 13.4. The number of hydrogen-bond donors (Lipinski definition) is 1. The molecular formula is C19H18FN3O. The van der Waals surface area contributed by atoms with E-state index < -0.39 is 0 Å². The van der Waals surface area contributed by atoms with E-state index in [9.17, 15) is 9.18 Å². The number of halogens is 1. The number of para-hydroxylation sites is 2. The van der Waals surface area contributed by atoms with Gasteiger partial charge >= 0.3 is 0 Å². The fourth-order valence-electron chi connectivity index (χ4n) is 2.99. The van der Waals surface area contributed by atoms with Gasteiger partial charge in [-0.3, -0.25) is 4.79 Å². The second-order valence-corrected chi connectivity index (χ2v) is 6.28. The Labute approximate surface area is 139 Å². The second-order valence-electron chi connectivity index (χ2n) is 6.28. The van der Waals surface area contributed by atoms with Crippen molar-refractivity contribution in [3.63, 3.8) is 0 Å². The highest BCUT2D eigenvalue weighted by Crippen LogP contribution is 2.40. The third-order valence-electron chi connectivity index (χ3n) is 4.47. The number of anilines is 1. The van der Waals surface area contributed by atoms with E-state index >= 15 is 0 Å². The van der Waals surface area contributed by atoms with Gasteiger partial charge in [0.15, 0.2) is 0 Å². The molecule has 3 aromatic rings. The highest BCUT2D eigenvalue weighted by molar-refractivity contribution is 5.92. The molecule has 1 amide bonds. The van der Waals surface area contributed by atoms with Gasteiger partial charge in [0.25, 0.3) is 0 Å². The number of imidazole rings is 1. The molecule has 1 aliphatic carbocycles. The second kappa shape index (κ2) is 5.74. The first kappa shape index (κ1) is 14.9. The van der Waals surface area contributed by atoms with Crippen LogP contribution in [0.5, 0.6) is 0 Å². The minimum absolute atomic E-state index is 0.172. The molecule has 1 fully saturated rings. The largest absolute Gasteiger partial charge is 0.324 e. The molecule has 0 radical (unpaired) electrons. The molecule has 1 saturated carbocycles. The van der Waals surface area contributed by atoms with Gasteiger partial charge < -0.3 is 9.88 Å². The topological polar surface area (TPSA) is 46.9 Å². The number of nitrogens with zero attached hydrogens (tertiary/aromatic N) is 2. The molecule has 0 saturated heterocycles. The number of aromatic nitrogens is 2. The monoisotopic (exact) mass is 323 g/mol. The number of amides is 1. The maximum atomic E-state index is 13.6. The van der Waals surface area contributed by atoms with E-state index in [1.807, 2.05) is 28.8 Å². The highest BCUT2D eigenvalue weighted by Gasteiger charge is 2.30. The summed E-state index contributed by atoms with van der Waals surface area (Å²) in [6.45, 7) is 1.84. The number of benzene rings is 2. The van der Waals surface area contributed by atoms with Crippen LogP contribution in [0.15, 0.2) is 42.5 Å². The molecular weight excluding hydrogens is 305 g/mol. The number of hydrogen-bond acceptors (Lipinski definition) is 2. The summed E-state index contributed by atoms with van der Waals surface area (Å²) in [5.74, 6) is 0.928. The van der Waals surface area contributed by atoms with E-state index in [4.69, 9.17) is 0 Å². The Morgan fingerprint density at radius 1 is 1.25 bits per heavy atom. The van der Waals surface area contributed by atoms with E-state index in [-0.39, 0.29) is 18.3 Å². The predicted molar refractivity (Wildman–Crippen MR) is 91.5 cm³/mol. The molecule has 4 nitrogen and oxygen atoms in total. The van der Waals surface area contributed by atoms with Crippen molar-refractivity contribution in [1.29, 1.82) is 0 Å². The zero-order chi connectivity index (χ0) is 16.7. The molecule has 1 aliphatic rings. The molecule has 24 heavy (non-hydrogen) atoms. The van der Waals surface area contributed by atoms with E-state index in [1.165, 1.54) is 6.07 Å². The summed E-state index contributed by atoms with van der Waals surface area (Å²) >= 11 is 0. The lowest BCUT2D eigenvalue weighted by atomic mass is 10.2. The summed E-state index contributed by atoms with van der Waals surface area (Å²) in [6.07, 6.45) is 2.24. The summed E-state index contributed by atoms with van der Waals surface area (Å²) < 4.78 is 15.6. The maximum absolute atomic E-state index is 13.6. The van der Waals surface area contributed by atoms with Crippen LogP contribution in [-0.2, 0) is 11.3 Å². The number of carbonyl (C=O) groups is 1. The number of carbonyl (C=O) groups excluding carboxylic acids is 1. The quantitative estimate of drug-likeness (QED) is 0.789. The maximum Gasteiger partial charge on any atom is 0.244 e. The van der Waals surface area contributed by atoms with Crippen molar-refractivity contribution in [2.24, 2.45) is 0 Å². The summed E-state index contributed by atoms with van der Waals surface area (Å²) in [5.41, 5.74) is 2.83. The van der Waals surface area contributed by atoms with Crippen molar-refractivity contribution in [3.8, 4) is 0 Å². The van der Waals surface area contributed by atoms with Crippen LogP contribution in [0.3, 0.4) is 0 Å². The van der Waals surface area contributed by atoms with Gasteiger partial charge in [0, 0.05) is 17.2 Å². The number of fused-ring (bicyclic) bond motifs is 1. The van der Waals surface area contributed by atoms with Gasteiger partial charge in [-0.2, -0.15) is 0 Å². The summed E-state index contributed by atoms with van der Waals surface area (Å²) in [4.78, 5) is 17.2. The Morgan fingerprint density at radius 3 is 2.83 bits per heavy atom. The van der Waals surface area contributed by atoms with Gasteiger partial charge in [-0.1, -0.05) is 18.2 Å². The van der Waals surface area contributed by atoms with Gasteiger partial charge in [-0.05, 0) is 44.0 Å². The highest BCUT2D eigenvalue weighted by atomic mass is 19.1. The Hall–Kier alpha value is -2.69. The lowest BCUT2D eigenvalue weighted by Crippen LogP contribution is -2.20. The van der Waals surface area contributed by atoms with Crippen LogP contribution in [0.2, 0.25) is 0 Å². The Morgan fingerprint density at radius 2 is 2.04 bits per heavy atom. The molecule has 0 aliphatic heterocycles. The van der Waals surface area contributed by atoms with Crippen LogP contribution in [0.1, 0.15) is 30.1 Å². The summed E-state index contributed by atoms with van der Waals surface area (Å²) in [7, 11) is 0. The molecule has 0 spiro atoms. The van der Waals surface area contributed by atoms with Crippen LogP contribution in [0.25, 0.3) is 11.0 Å². The van der Waals surface area contributed by atoms with Gasteiger partial charge in [0.05, 0.1) is 11.0 Å². The third kappa shape index (κ3) is 2.66. The van der Waals surface area contributed by atoms with E-state index in [2.05, 4.69) is 10.3 Å². The summed E-state index contributed by atoms with van der Waals surface area (Å²) in [5, 5.41) is 2.81. The molecule has 0 unspecified atom stereocenters.